The first-order valence-corrected chi connectivity index (χ1v) is 8.54. The molecule has 1 fully saturated rings. The summed E-state index contributed by atoms with van der Waals surface area (Å²) >= 11 is 0. The minimum Gasteiger partial charge on any atom is -0.504 e. The molecule has 2 rings (SSSR count). The summed E-state index contributed by atoms with van der Waals surface area (Å²) in [6.45, 7) is 1.46. The second kappa shape index (κ2) is 8.71. The van der Waals surface area contributed by atoms with Gasteiger partial charge in [-0.25, -0.2) is 4.79 Å². The van der Waals surface area contributed by atoms with Gasteiger partial charge in [0.25, 0.3) is 0 Å². The van der Waals surface area contributed by atoms with Crippen LogP contribution < -0.4 is 5.73 Å². The number of nitrogens with two attached hydrogens (primary N) is 1. The third-order valence-electron chi connectivity index (χ3n) is 4.26. The first-order chi connectivity index (χ1) is 11.9. The molecular formula is C18H25NO6. The Morgan fingerprint density at radius 1 is 1.16 bits per heavy atom. The quantitative estimate of drug-likeness (QED) is 0.528. The monoisotopic (exact) mass is 351 g/mol. The molecule has 0 amide bonds. The molecule has 1 aromatic carbocycles. The van der Waals surface area contributed by atoms with Crippen molar-refractivity contribution < 1.29 is 29.3 Å². The van der Waals surface area contributed by atoms with Gasteiger partial charge < -0.3 is 25.4 Å². The molecule has 7 nitrogen and oxygen atoms in total. The van der Waals surface area contributed by atoms with Crippen molar-refractivity contribution in [2.24, 2.45) is 5.73 Å². The number of carbonyl (C=O) groups is 2. The standard InChI is InChI=1S/C18H25NO6/c1-11(17(22)25-13-5-3-2-4-6-13)24-18(23)14(19)9-12-7-8-15(20)16(21)10-12/h7-8,10-11,13-14,20-21H,2-6,9,19H2,1H3. The van der Waals surface area contributed by atoms with Gasteiger partial charge in [-0.1, -0.05) is 12.5 Å². The zero-order valence-electron chi connectivity index (χ0n) is 14.3. The molecule has 2 atom stereocenters. The van der Waals surface area contributed by atoms with E-state index in [-0.39, 0.29) is 24.0 Å². The van der Waals surface area contributed by atoms with Gasteiger partial charge in [-0.2, -0.15) is 0 Å². The summed E-state index contributed by atoms with van der Waals surface area (Å²) in [4.78, 5) is 24.0. The summed E-state index contributed by atoms with van der Waals surface area (Å²) in [5.41, 5.74) is 6.37. The van der Waals surface area contributed by atoms with E-state index in [0.717, 1.165) is 32.1 Å². The lowest BCUT2D eigenvalue weighted by Crippen LogP contribution is -2.39. The van der Waals surface area contributed by atoms with Gasteiger partial charge in [-0.05, 0) is 56.7 Å². The molecule has 0 aliphatic heterocycles. The fraction of sp³-hybridized carbons (Fsp3) is 0.556. The van der Waals surface area contributed by atoms with Crippen LogP contribution in [0.5, 0.6) is 11.5 Å². The minimum atomic E-state index is -1.02. The fourth-order valence-electron chi connectivity index (χ4n) is 2.79. The van der Waals surface area contributed by atoms with Crippen LogP contribution in [0.2, 0.25) is 0 Å². The van der Waals surface area contributed by atoms with E-state index in [1.165, 1.54) is 19.1 Å². The highest BCUT2D eigenvalue weighted by Gasteiger charge is 2.26. The van der Waals surface area contributed by atoms with Crippen molar-refractivity contribution in [3.05, 3.63) is 23.8 Å². The van der Waals surface area contributed by atoms with Crippen molar-refractivity contribution in [3.63, 3.8) is 0 Å². The van der Waals surface area contributed by atoms with E-state index < -0.39 is 24.1 Å². The van der Waals surface area contributed by atoms with Crippen LogP contribution in [0.1, 0.15) is 44.6 Å². The Morgan fingerprint density at radius 2 is 1.84 bits per heavy atom. The van der Waals surface area contributed by atoms with Gasteiger partial charge in [-0.15, -0.1) is 0 Å². The molecule has 0 radical (unpaired) electrons. The van der Waals surface area contributed by atoms with Gasteiger partial charge in [0.1, 0.15) is 12.1 Å². The smallest absolute Gasteiger partial charge is 0.347 e. The van der Waals surface area contributed by atoms with Crippen molar-refractivity contribution in [1.82, 2.24) is 0 Å². The van der Waals surface area contributed by atoms with Gasteiger partial charge in [0, 0.05) is 0 Å². The summed E-state index contributed by atoms with van der Waals surface area (Å²) < 4.78 is 10.5. The van der Waals surface area contributed by atoms with Crippen LogP contribution in [0.25, 0.3) is 0 Å². The van der Waals surface area contributed by atoms with Gasteiger partial charge in [0.15, 0.2) is 17.6 Å². The van der Waals surface area contributed by atoms with E-state index in [2.05, 4.69) is 0 Å². The summed E-state index contributed by atoms with van der Waals surface area (Å²) in [7, 11) is 0. The number of hydrogen-bond donors (Lipinski definition) is 3. The molecule has 4 N–H and O–H groups in total. The number of aromatic hydroxyl groups is 2. The van der Waals surface area contributed by atoms with Crippen molar-refractivity contribution in [2.45, 2.75) is 63.7 Å². The Labute approximate surface area is 146 Å². The lowest BCUT2D eigenvalue weighted by Gasteiger charge is -2.24. The first-order valence-electron chi connectivity index (χ1n) is 8.54. The summed E-state index contributed by atoms with van der Waals surface area (Å²) in [6.07, 6.45) is 3.90. The highest BCUT2D eigenvalue weighted by Crippen LogP contribution is 2.25. The predicted molar refractivity (Wildman–Crippen MR) is 90.0 cm³/mol. The first kappa shape index (κ1) is 19.1. The van der Waals surface area contributed by atoms with Crippen LogP contribution in [0.15, 0.2) is 18.2 Å². The molecule has 0 spiro atoms. The summed E-state index contributed by atoms with van der Waals surface area (Å²) in [6, 6.07) is 3.19. The van der Waals surface area contributed by atoms with E-state index in [1.807, 2.05) is 0 Å². The molecule has 25 heavy (non-hydrogen) atoms. The largest absolute Gasteiger partial charge is 0.504 e. The maximum Gasteiger partial charge on any atom is 0.347 e. The van der Waals surface area contributed by atoms with Crippen LogP contribution in [-0.2, 0) is 25.5 Å². The normalized spacial score (nSPS) is 17.5. The number of hydrogen-bond acceptors (Lipinski definition) is 7. The molecule has 1 aliphatic carbocycles. The zero-order chi connectivity index (χ0) is 18.4. The molecule has 1 aromatic rings. The topological polar surface area (TPSA) is 119 Å². The average Bonchev–Trinajstić information content (AvgIpc) is 2.58. The Balaban J connectivity index is 1.82. The molecule has 1 saturated carbocycles. The molecule has 0 bridgehead atoms. The van der Waals surface area contributed by atoms with E-state index in [0.29, 0.717) is 5.56 Å². The number of carbonyl (C=O) groups excluding carboxylic acids is 2. The Morgan fingerprint density at radius 3 is 2.48 bits per heavy atom. The maximum absolute atomic E-state index is 12.0. The summed E-state index contributed by atoms with van der Waals surface area (Å²) in [5, 5.41) is 18.7. The van der Waals surface area contributed by atoms with Crippen LogP contribution in [0.4, 0.5) is 0 Å². The van der Waals surface area contributed by atoms with Crippen LogP contribution in [-0.4, -0.2) is 40.4 Å². The van der Waals surface area contributed by atoms with Crippen LogP contribution in [0, 0.1) is 0 Å². The maximum atomic E-state index is 12.0. The molecule has 0 saturated heterocycles. The van der Waals surface area contributed by atoms with Gasteiger partial charge in [0.2, 0.25) is 0 Å². The number of esters is 2. The van der Waals surface area contributed by atoms with Gasteiger partial charge in [0.05, 0.1) is 0 Å². The van der Waals surface area contributed by atoms with Crippen molar-refractivity contribution in [1.29, 1.82) is 0 Å². The number of phenols is 2. The number of benzene rings is 1. The lowest BCUT2D eigenvalue weighted by atomic mass is 9.98. The highest BCUT2D eigenvalue weighted by atomic mass is 16.6. The molecule has 1 aliphatic rings. The zero-order valence-corrected chi connectivity index (χ0v) is 14.3. The van der Waals surface area contributed by atoms with E-state index in [4.69, 9.17) is 15.2 Å². The lowest BCUT2D eigenvalue weighted by molar-refractivity contribution is -0.171. The second-order valence-corrected chi connectivity index (χ2v) is 6.41. The molecular weight excluding hydrogens is 326 g/mol. The number of phenolic OH excluding ortho intramolecular Hbond substituents is 2. The summed E-state index contributed by atoms with van der Waals surface area (Å²) in [5.74, 6) is -1.82. The highest BCUT2D eigenvalue weighted by molar-refractivity contribution is 5.81. The third kappa shape index (κ3) is 5.63. The average molecular weight is 351 g/mol. The van der Waals surface area contributed by atoms with E-state index in [1.54, 1.807) is 6.07 Å². The van der Waals surface area contributed by atoms with E-state index >= 15 is 0 Å². The fourth-order valence-corrected chi connectivity index (χ4v) is 2.79. The van der Waals surface area contributed by atoms with Gasteiger partial charge in [-0.3, -0.25) is 4.79 Å². The van der Waals surface area contributed by atoms with Crippen molar-refractivity contribution >= 4 is 11.9 Å². The van der Waals surface area contributed by atoms with Crippen LogP contribution >= 0.6 is 0 Å². The molecule has 0 heterocycles. The molecule has 0 aromatic heterocycles. The third-order valence-corrected chi connectivity index (χ3v) is 4.26. The van der Waals surface area contributed by atoms with Crippen molar-refractivity contribution in [2.75, 3.05) is 0 Å². The van der Waals surface area contributed by atoms with E-state index in [9.17, 15) is 19.8 Å². The Bertz CT molecular complexity index is 612. The Hall–Kier alpha value is -2.28. The number of rotatable bonds is 6. The molecule has 138 valence electrons. The van der Waals surface area contributed by atoms with Gasteiger partial charge >= 0.3 is 11.9 Å². The van der Waals surface area contributed by atoms with Crippen LogP contribution in [0.3, 0.4) is 0 Å². The molecule has 2 unspecified atom stereocenters. The minimum absolute atomic E-state index is 0.101. The van der Waals surface area contributed by atoms with Crippen molar-refractivity contribution in [3.8, 4) is 11.5 Å². The Kier molecular flexibility index (Phi) is 6.64. The second-order valence-electron chi connectivity index (χ2n) is 6.41. The molecule has 7 heteroatoms. The predicted octanol–water partition coefficient (Wildman–Crippen LogP) is 1.78. The number of ether oxygens (including phenoxy) is 2. The SMILES string of the molecule is CC(OC(=O)C(N)Cc1ccc(O)c(O)c1)C(=O)OC1CCCCC1.